The van der Waals surface area contributed by atoms with Crippen LogP contribution in [0.1, 0.15) is 37.5 Å². The third kappa shape index (κ3) is 5.72. The molecule has 0 saturated carbocycles. The summed E-state index contributed by atoms with van der Waals surface area (Å²) in [5, 5.41) is 15.4. The molecule has 2 aromatic carbocycles. The second-order valence-corrected chi connectivity index (χ2v) is 6.04. The molecule has 0 fully saturated rings. The number of hydrogen-bond acceptors (Lipinski definition) is 3. The van der Waals surface area contributed by atoms with Crippen molar-refractivity contribution in [2.75, 3.05) is 5.32 Å². The Morgan fingerprint density at radius 2 is 1.64 bits per heavy atom. The molecule has 132 valence electrons. The van der Waals surface area contributed by atoms with Crippen LogP contribution in [0, 0.1) is 0 Å². The van der Waals surface area contributed by atoms with Gasteiger partial charge in [-0.1, -0.05) is 49.4 Å². The van der Waals surface area contributed by atoms with E-state index in [2.05, 4.69) is 10.6 Å². The van der Waals surface area contributed by atoms with Crippen molar-refractivity contribution >= 4 is 17.5 Å². The Kier molecular flexibility index (Phi) is 6.71. The van der Waals surface area contributed by atoms with Gasteiger partial charge in [0.2, 0.25) is 0 Å². The largest absolute Gasteiger partial charge is 0.388 e. The average Bonchev–Trinajstić information content (AvgIpc) is 2.62. The summed E-state index contributed by atoms with van der Waals surface area (Å²) in [6, 6.07) is 16.2. The first kappa shape index (κ1) is 18.7. The van der Waals surface area contributed by atoms with Crippen LogP contribution in [0.3, 0.4) is 0 Å². The van der Waals surface area contributed by atoms with E-state index in [1.807, 2.05) is 49.4 Å². The molecule has 0 heterocycles. The number of amides is 2. The lowest BCUT2D eigenvalue weighted by Crippen LogP contribution is -2.41. The Labute approximate surface area is 148 Å². The minimum atomic E-state index is -0.717. The van der Waals surface area contributed by atoms with Crippen LogP contribution >= 0.6 is 0 Å². The van der Waals surface area contributed by atoms with E-state index in [1.54, 1.807) is 19.1 Å². The second kappa shape index (κ2) is 8.99. The predicted octanol–water partition coefficient (Wildman–Crippen LogP) is 2.82. The fourth-order valence-corrected chi connectivity index (χ4v) is 2.51. The van der Waals surface area contributed by atoms with Gasteiger partial charge in [0.25, 0.3) is 0 Å². The molecule has 0 aliphatic rings. The molecule has 0 spiro atoms. The lowest BCUT2D eigenvalue weighted by molar-refractivity contribution is -0.136. The molecule has 2 rings (SSSR count). The molecule has 3 N–H and O–H groups in total. The van der Waals surface area contributed by atoms with Crippen molar-refractivity contribution < 1.29 is 14.7 Å². The molecule has 0 bridgehead atoms. The van der Waals surface area contributed by atoms with Gasteiger partial charge in [-0.2, -0.15) is 0 Å². The molecule has 5 nitrogen and oxygen atoms in total. The van der Waals surface area contributed by atoms with E-state index in [4.69, 9.17) is 0 Å². The minimum Gasteiger partial charge on any atom is -0.388 e. The topological polar surface area (TPSA) is 78.4 Å². The van der Waals surface area contributed by atoms with Crippen LogP contribution in [0.4, 0.5) is 5.69 Å². The van der Waals surface area contributed by atoms with Gasteiger partial charge in [-0.3, -0.25) is 9.59 Å². The maximum Gasteiger partial charge on any atom is 0.313 e. The van der Waals surface area contributed by atoms with Crippen LogP contribution in [0.5, 0.6) is 0 Å². The fourth-order valence-electron chi connectivity index (χ4n) is 2.51. The molecular formula is C20H24N2O3. The van der Waals surface area contributed by atoms with Gasteiger partial charge in [0.1, 0.15) is 0 Å². The van der Waals surface area contributed by atoms with E-state index >= 15 is 0 Å². The number of benzene rings is 2. The van der Waals surface area contributed by atoms with Crippen molar-refractivity contribution in [1.29, 1.82) is 0 Å². The summed E-state index contributed by atoms with van der Waals surface area (Å²) in [5.41, 5.74) is 2.52. The predicted molar refractivity (Wildman–Crippen MR) is 98.1 cm³/mol. The summed E-state index contributed by atoms with van der Waals surface area (Å²) in [6.45, 7) is 3.81. The maximum absolute atomic E-state index is 12.0. The lowest BCUT2D eigenvalue weighted by Gasteiger charge is -2.18. The summed E-state index contributed by atoms with van der Waals surface area (Å²) in [5.74, 6) is -1.43. The molecular weight excluding hydrogens is 316 g/mol. The van der Waals surface area contributed by atoms with Crippen molar-refractivity contribution in [3.05, 3.63) is 65.7 Å². The Bertz CT molecular complexity index is 699. The van der Waals surface area contributed by atoms with Crippen LogP contribution in [0.25, 0.3) is 0 Å². The van der Waals surface area contributed by atoms with Crippen molar-refractivity contribution in [1.82, 2.24) is 5.32 Å². The molecule has 0 aromatic heterocycles. The maximum atomic E-state index is 12.0. The van der Waals surface area contributed by atoms with Crippen LogP contribution in [-0.2, 0) is 16.0 Å². The van der Waals surface area contributed by atoms with Crippen LogP contribution in [0.2, 0.25) is 0 Å². The lowest BCUT2D eigenvalue weighted by atomic mass is 10.0. The Morgan fingerprint density at radius 3 is 2.24 bits per heavy atom. The number of carbonyl (C=O) groups excluding carboxylic acids is 2. The number of carbonyl (C=O) groups is 2. The van der Waals surface area contributed by atoms with Crippen LogP contribution in [0.15, 0.2) is 54.6 Å². The van der Waals surface area contributed by atoms with Gasteiger partial charge in [-0.05, 0) is 43.0 Å². The number of aryl methyl sites for hydroxylation is 1. The number of aliphatic hydroxyl groups is 1. The highest BCUT2D eigenvalue weighted by atomic mass is 16.3. The number of aliphatic hydroxyl groups excluding tert-OH is 1. The molecule has 0 radical (unpaired) electrons. The van der Waals surface area contributed by atoms with Gasteiger partial charge in [-0.15, -0.1) is 0 Å². The SMILES string of the molecule is CCc1ccc(NC(=O)C(=O)NC(C)CC(O)c2ccccc2)cc1. The van der Waals surface area contributed by atoms with Gasteiger partial charge in [0.15, 0.2) is 0 Å². The van der Waals surface area contributed by atoms with Gasteiger partial charge >= 0.3 is 11.8 Å². The molecule has 2 amide bonds. The van der Waals surface area contributed by atoms with Crippen molar-refractivity contribution in [2.45, 2.75) is 38.8 Å². The zero-order valence-corrected chi connectivity index (χ0v) is 14.5. The highest BCUT2D eigenvalue weighted by Crippen LogP contribution is 2.17. The molecule has 2 aromatic rings. The molecule has 0 aliphatic carbocycles. The Morgan fingerprint density at radius 1 is 1.00 bits per heavy atom. The summed E-state index contributed by atoms with van der Waals surface area (Å²) in [4.78, 5) is 24.0. The molecule has 0 saturated heterocycles. The highest BCUT2D eigenvalue weighted by molar-refractivity contribution is 6.39. The Balaban J connectivity index is 1.84. The summed E-state index contributed by atoms with van der Waals surface area (Å²) >= 11 is 0. The van der Waals surface area contributed by atoms with E-state index in [1.165, 1.54) is 0 Å². The van der Waals surface area contributed by atoms with Gasteiger partial charge in [0.05, 0.1) is 6.10 Å². The summed E-state index contributed by atoms with van der Waals surface area (Å²) in [7, 11) is 0. The zero-order valence-electron chi connectivity index (χ0n) is 14.5. The van der Waals surface area contributed by atoms with E-state index in [0.717, 1.165) is 17.5 Å². The molecule has 0 aliphatic heterocycles. The zero-order chi connectivity index (χ0) is 18.2. The van der Waals surface area contributed by atoms with Crippen molar-refractivity contribution in [3.63, 3.8) is 0 Å². The molecule has 2 atom stereocenters. The van der Waals surface area contributed by atoms with Crippen LogP contribution in [-0.4, -0.2) is 23.0 Å². The number of nitrogens with one attached hydrogen (secondary N) is 2. The summed E-state index contributed by atoms with van der Waals surface area (Å²) in [6.07, 6.45) is 0.547. The smallest absolute Gasteiger partial charge is 0.313 e. The third-order valence-electron chi connectivity index (χ3n) is 3.96. The van der Waals surface area contributed by atoms with Crippen LogP contribution < -0.4 is 10.6 Å². The third-order valence-corrected chi connectivity index (χ3v) is 3.96. The van der Waals surface area contributed by atoms with Gasteiger partial charge in [0, 0.05) is 11.7 Å². The molecule has 25 heavy (non-hydrogen) atoms. The molecule has 5 heteroatoms. The van der Waals surface area contributed by atoms with Crippen molar-refractivity contribution in [2.24, 2.45) is 0 Å². The number of anilines is 1. The number of hydrogen-bond donors (Lipinski definition) is 3. The first-order chi connectivity index (χ1) is 12.0. The van der Waals surface area contributed by atoms with E-state index in [9.17, 15) is 14.7 Å². The monoisotopic (exact) mass is 340 g/mol. The minimum absolute atomic E-state index is 0.328. The summed E-state index contributed by atoms with van der Waals surface area (Å²) < 4.78 is 0. The fraction of sp³-hybridized carbons (Fsp3) is 0.300. The average molecular weight is 340 g/mol. The highest BCUT2D eigenvalue weighted by Gasteiger charge is 2.19. The standard InChI is InChI=1S/C20H24N2O3/c1-3-15-9-11-17(12-10-15)22-20(25)19(24)21-14(2)13-18(23)16-7-5-4-6-8-16/h4-12,14,18,23H,3,13H2,1-2H3,(H,21,24)(H,22,25). The van der Waals surface area contributed by atoms with Gasteiger partial charge in [-0.25, -0.2) is 0 Å². The second-order valence-electron chi connectivity index (χ2n) is 6.04. The Hall–Kier alpha value is -2.66. The quantitative estimate of drug-likeness (QED) is 0.708. The number of rotatable bonds is 6. The van der Waals surface area contributed by atoms with E-state index in [-0.39, 0.29) is 6.04 Å². The van der Waals surface area contributed by atoms with E-state index < -0.39 is 17.9 Å². The van der Waals surface area contributed by atoms with E-state index in [0.29, 0.717) is 12.1 Å². The van der Waals surface area contributed by atoms with Crippen molar-refractivity contribution in [3.8, 4) is 0 Å². The first-order valence-corrected chi connectivity index (χ1v) is 8.43. The first-order valence-electron chi connectivity index (χ1n) is 8.43. The molecule has 2 unspecified atom stereocenters. The van der Waals surface area contributed by atoms with Gasteiger partial charge < -0.3 is 15.7 Å². The normalized spacial score (nSPS) is 12.9.